The van der Waals surface area contributed by atoms with Crippen molar-refractivity contribution in [2.24, 2.45) is 5.92 Å². The van der Waals surface area contributed by atoms with E-state index < -0.39 is 15.8 Å². The maximum absolute atomic E-state index is 13.0. The van der Waals surface area contributed by atoms with Crippen LogP contribution in [-0.2, 0) is 10.0 Å². The number of piperidine rings is 1. The quantitative estimate of drug-likeness (QED) is 0.856. The Morgan fingerprint density at radius 2 is 2.05 bits per heavy atom. The van der Waals surface area contributed by atoms with Crippen molar-refractivity contribution in [2.45, 2.75) is 24.7 Å². The first-order valence-corrected chi connectivity index (χ1v) is 9.33. The predicted molar refractivity (Wildman–Crippen MR) is 84.1 cm³/mol. The molecule has 1 aromatic carbocycles. The molecule has 1 saturated heterocycles. The Labute approximate surface area is 133 Å². The van der Waals surface area contributed by atoms with Crippen LogP contribution >= 0.6 is 15.9 Å². The van der Waals surface area contributed by atoms with Gasteiger partial charge in [-0.25, -0.2) is 17.5 Å². The number of sulfonamides is 1. The summed E-state index contributed by atoms with van der Waals surface area (Å²) >= 11 is 3.09. The maximum Gasteiger partial charge on any atom is 0.241 e. The molecule has 0 atom stereocenters. The van der Waals surface area contributed by atoms with Gasteiger partial charge in [0.05, 0.1) is 4.90 Å². The second-order valence-corrected chi connectivity index (χ2v) is 8.09. The number of hydrogen-bond donors (Lipinski definition) is 1. The molecule has 1 heterocycles. The lowest BCUT2D eigenvalue weighted by molar-refractivity contribution is 0.195. The van der Waals surface area contributed by atoms with Gasteiger partial charge in [0.1, 0.15) is 5.82 Å². The Morgan fingerprint density at radius 3 is 2.67 bits per heavy atom. The van der Waals surface area contributed by atoms with Gasteiger partial charge in [0, 0.05) is 17.6 Å². The maximum atomic E-state index is 13.0. The van der Waals surface area contributed by atoms with Crippen LogP contribution < -0.4 is 4.72 Å². The summed E-state index contributed by atoms with van der Waals surface area (Å²) in [6, 6.07) is 3.57. The summed E-state index contributed by atoms with van der Waals surface area (Å²) in [4.78, 5) is 2.33. The largest absolute Gasteiger partial charge is 0.302 e. The van der Waals surface area contributed by atoms with Crippen molar-refractivity contribution >= 4 is 26.0 Å². The van der Waals surface area contributed by atoms with E-state index in [9.17, 15) is 12.8 Å². The minimum Gasteiger partial charge on any atom is -0.302 e. The molecule has 1 aromatic rings. The number of halogens is 2. The molecule has 0 bridgehead atoms. The van der Waals surface area contributed by atoms with Crippen LogP contribution in [0.5, 0.6) is 0 Å². The Balaban J connectivity index is 1.89. The van der Waals surface area contributed by atoms with E-state index in [4.69, 9.17) is 0 Å². The number of nitrogens with one attached hydrogen (secondary N) is 1. The van der Waals surface area contributed by atoms with Crippen LogP contribution in [0, 0.1) is 11.7 Å². The fraction of sp³-hybridized carbons (Fsp3) is 0.571. The summed E-state index contributed by atoms with van der Waals surface area (Å²) in [5, 5.41) is 0. The third-order valence-electron chi connectivity index (χ3n) is 3.78. The Hall–Kier alpha value is -0.500. The molecule has 0 spiro atoms. The van der Waals surface area contributed by atoms with Gasteiger partial charge in [-0.05, 0) is 66.0 Å². The molecular weight excluding hydrogens is 359 g/mol. The first kappa shape index (κ1) is 16.9. The van der Waals surface area contributed by atoms with E-state index in [-0.39, 0.29) is 9.37 Å². The molecule has 7 heteroatoms. The lowest BCUT2D eigenvalue weighted by atomic mass is 9.99. The zero-order chi connectivity index (χ0) is 15.5. The van der Waals surface area contributed by atoms with Crippen LogP contribution in [0.2, 0.25) is 0 Å². The summed E-state index contributed by atoms with van der Waals surface area (Å²) in [5.41, 5.74) is 0. The Morgan fingerprint density at radius 1 is 1.38 bits per heavy atom. The fourth-order valence-electron chi connectivity index (χ4n) is 2.39. The molecule has 0 aliphatic carbocycles. The molecule has 1 aliphatic rings. The number of nitrogens with zero attached hydrogens (tertiary/aromatic N) is 1. The van der Waals surface area contributed by atoms with Crippen LogP contribution in [0.1, 0.15) is 19.8 Å². The molecule has 0 unspecified atom stereocenters. The molecule has 0 radical (unpaired) electrons. The topological polar surface area (TPSA) is 49.4 Å². The van der Waals surface area contributed by atoms with Crippen molar-refractivity contribution < 1.29 is 12.8 Å². The van der Waals surface area contributed by atoms with Crippen molar-refractivity contribution in [1.29, 1.82) is 0 Å². The first-order chi connectivity index (χ1) is 9.88. The van der Waals surface area contributed by atoms with Crippen molar-refractivity contribution in [1.82, 2.24) is 9.62 Å². The second kappa shape index (κ2) is 7.17. The van der Waals surface area contributed by atoms with E-state index in [1.807, 2.05) is 0 Å². The first-order valence-electron chi connectivity index (χ1n) is 7.05. The molecule has 21 heavy (non-hydrogen) atoms. The van der Waals surface area contributed by atoms with Crippen molar-refractivity contribution in [3.8, 4) is 0 Å². The number of benzene rings is 1. The van der Waals surface area contributed by atoms with Crippen LogP contribution in [0.4, 0.5) is 4.39 Å². The van der Waals surface area contributed by atoms with Gasteiger partial charge in [-0.15, -0.1) is 0 Å². The van der Waals surface area contributed by atoms with Crippen LogP contribution in [0.25, 0.3) is 0 Å². The highest BCUT2D eigenvalue weighted by molar-refractivity contribution is 9.10. The lowest BCUT2D eigenvalue weighted by Gasteiger charge is -2.30. The standard InChI is InChI=1S/C14H20BrFN2O2S/c1-11-4-7-18(8-5-11)9-6-17-21(19,20)14-3-2-12(16)10-13(14)15/h2-3,10-11,17H,4-9H2,1H3. The molecule has 1 fully saturated rings. The fourth-order valence-corrected chi connectivity index (χ4v) is 4.46. The molecule has 118 valence electrons. The van der Waals surface area contributed by atoms with Crippen LogP contribution in [-0.4, -0.2) is 39.5 Å². The molecule has 0 aromatic heterocycles. The molecule has 1 aliphatic heterocycles. The van der Waals surface area contributed by atoms with E-state index in [2.05, 4.69) is 32.5 Å². The molecule has 2 rings (SSSR count). The third-order valence-corrected chi connectivity index (χ3v) is 6.22. The van der Waals surface area contributed by atoms with Gasteiger partial charge in [0.2, 0.25) is 10.0 Å². The minimum absolute atomic E-state index is 0.0659. The zero-order valence-electron chi connectivity index (χ0n) is 12.0. The normalized spacial score (nSPS) is 18.0. The van der Waals surface area contributed by atoms with Gasteiger partial charge in [-0.3, -0.25) is 0 Å². The average Bonchev–Trinajstić information content (AvgIpc) is 2.40. The third kappa shape index (κ3) is 4.74. The van der Waals surface area contributed by atoms with E-state index in [0.717, 1.165) is 44.0 Å². The summed E-state index contributed by atoms with van der Waals surface area (Å²) in [6.07, 6.45) is 2.33. The molecular formula is C14H20BrFN2O2S. The molecule has 0 saturated carbocycles. The van der Waals surface area contributed by atoms with Gasteiger partial charge in [0.25, 0.3) is 0 Å². The number of hydrogen-bond acceptors (Lipinski definition) is 3. The summed E-state index contributed by atoms with van der Waals surface area (Å²) in [7, 11) is -3.61. The van der Waals surface area contributed by atoms with E-state index in [1.54, 1.807) is 0 Å². The van der Waals surface area contributed by atoms with Gasteiger partial charge >= 0.3 is 0 Å². The smallest absolute Gasteiger partial charge is 0.241 e. The van der Waals surface area contributed by atoms with Gasteiger partial charge in [-0.2, -0.15) is 0 Å². The van der Waals surface area contributed by atoms with Crippen molar-refractivity contribution in [3.05, 3.63) is 28.5 Å². The van der Waals surface area contributed by atoms with Crippen LogP contribution in [0.3, 0.4) is 0 Å². The van der Waals surface area contributed by atoms with Gasteiger partial charge in [-0.1, -0.05) is 6.92 Å². The number of likely N-dealkylation sites (tertiary alicyclic amines) is 1. The van der Waals surface area contributed by atoms with Gasteiger partial charge < -0.3 is 4.90 Å². The highest BCUT2D eigenvalue weighted by Gasteiger charge is 2.19. The van der Waals surface area contributed by atoms with E-state index >= 15 is 0 Å². The zero-order valence-corrected chi connectivity index (χ0v) is 14.4. The minimum atomic E-state index is -3.61. The van der Waals surface area contributed by atoms with Crippen molar-refractivity contribution in [2.75, 3.05) is 26.2 Å². The monoisotopic (exact) mass is 378 g/mol. The number of rotatable bonds is 5. The molecule has 1 N–H and O–H groups in total. The van der Waals surface area contributed by atoms with Crippen LogP contribution in [0.15, 0.2) is 27.6 Å². The van der Waals surface area contributed by atoms with E-state index in [0.29, 0.717) is 13.1 Å². The van der Waals surface area contributed by atoms with E-state index in [1.165, 1.54) is 6.07 Å². The van der Waals surface area contributed by atoms with Gasteiger partial charge in [0.15, 0.2) is 0 Å². The SMILES string of the molecule is CC1CCN(CCNS(=O)(=O)c2ccc(F)cc2Br)CC1. The Bertz CT molecular complexity index is 587. The predicted octanol–water partition coefficient (Wildman–Crippen LogP) is 2.60. The molecule has 0 amide bonds. The van der Waals surface area contributed by atoms with Crippen molar-refractivity contribution in [3.63, 3.8) is 0 Å². The molecule has 4 nitrogen and oxygen atoms in total. The summed E-state index contributed by atoms with van der Waals surface area (Å²) < 4.78 is 40.2. The summed E-state index contributed by atoms with van der Waals surface area (Å²) in [6.45, 7) is 5.34. The highest BCUT2D eigenvalue weighted by atomic mass is 79.9. The highest BCUT2D eigenvalue weighted by Crippen LogP contribution is 2.22. The summed E-state index contributed by atoms with van der Waals surface area (Å²) in [5.74, 6) is 0.288. The second-order valence-electron chi connectivity index (χ2n) is 5.50. The lowest BCUT2D eigenvalue weighted by Crippen LogP contribution is -2.39. The average molecular weight is 379 g/mol. The Kier molecular flexibility index (Phi) is 5.76.